The van der Waals surface area contributed by atoms with E-state index in [9.17, 15) is 9.59 Å². The number of para-hydroxylation sites is 1. The summed E-state index contributed by atoms with van der Waals surface area (Å²) < 4.78 is 3.56. The molecule has 4 fully saturated rings. The number of carbonyl (C=O) groups is 1. The van der Waals surface area contributed by atoms with E-state index < -0.39 is 0 Å². The number of benzene rings is 1. The Morgan fingerprint density at radius 3 is 2.39 bits per heavy atom. The number of rotatable bonds is 3. The number of carbonyl (C=O) groups excluding carboxylic acids is 1. The fourth-order valence-electron chi connectivity index (χ4n) is 6.37. The fraction of sp³-hybridized carbons (Fsp3) is 0.545. The van der Waals surface area contributed by atoms with Crippen LogP contribution in [-0.4, -0.2) is 19.6 Å². The number of anilines is 1. The Morgan fingerprint density at radius 2 is 1.79 bits per heavy atom. The van der Waals surface area contributed by atoms with E-state index in [0.717, 1.165) is 30.6 Å². The minimum atomic E-state index is -0.333. The van der Waals surface area contributed by atoms with E-state index in [1.807, 2.05) is 49.0 Å². The van der Waals surface area contributed by atoms with E-state index in [0.29, 0.717) is 17.5 Å². The topological polar surface area (TPSA) is 56.0 Å². The summed E-state index contributed by atoms with van der Waals surface area (Å²) in [6.45, 7) is 1.89. The Morgan fingerprint density at radius 1 is 1.14 bits per heavy atom. The van der Waals surface area contributed by atoms with Crippen molar-refractivity contribution in [3.63, 3.8) is 0 Å². The van der Waals surface area contributed by atoms with Crippen molar-refractivity contribution < 1.29 is 4.79 Å². The lowest BCUT2D eigenvalue weighted by Crippen LogP contribution is -2.57. The van der Waals surface area contributed by atoms with Gasteiger partial charge in [-0.25, -0.2) is 4.68 Å². The molecule has 2 unspecified atom stereocenters. The van der Waals surface area contributed by atoms with Crippen LogP contribution >= 0.6 is 15.9 Å². The third-order valence-electron chi connectivity index (χ3n) is 7.26. The molecule has 5 nitrogen and oxygen atoms in total. The quantitative estimate of drug-likeness (QED) is 0.723. The van der Waals surface area contributed by atoms with E-state index in [1.54, 1.807) is 4.68 Å². The van der Waals surface area contributed by atoms with Gasteiger partial charge in [0.25, 0.3) is 5.56 Å². The van der Waals surface area contributed by atoms with Crippen LogP contribution in [0.1, 0.15) is 44.2 Å². The van der Waals surface area contributed by atoms with Crippen LogP contribution in [0.15, 0.2) is 35.1 Å². The van der Waals surface area contributed by atoms with Gasteiger partial charge in [0.05, 0.1) is 16.8 Å². The summed E-state index contributed by atoms with van der Waals surface area (Å²) in [6.07, 6.45) is 6.43. The molecule has 6 rings (SSSR count). The van der Waals surface area contributed by atoms with Crippen LogP contribution in [0.4, 0.5) is 5.69 Å². The van der Waals surface area contributed by atoms with Gasteiger partial charge in [-0.2, -0.15) is 0 Å². The minimum Gasteiger partial charge on any atom is -0.319 e. The third-order valence-corrected chi connectivity index (χ3v) is 8.19. The molecular weight excluding hydrogens is 418 g/mol. The summed E-state index contributed by atoms with van der Waals surface area (Å²) in [5, 5.41) is 3.07. The second-order valence-electron chi connectivity index (χ2n) is 9.28. The molecule has 4 aliphatic carbocycles. The summed E-state index contributed by atoms with van der Waals surface area (Å²) in [7, 11) is 1.86. The van der Waals surface area contributed by atoms with E-state index in [2.05, 4.69) is 21.2 Å². The summed E-state index contributed by atoms with van der Waals surface area (Å²) >= 11 is 3.97. The van der Waals surface area contributed by atoms with Crippen molar-refractivity contribution in [1.29, 1.82) is 0 Å². The van der Waals surface area contributed by atoms with E-state index in [1.165, 1.54) is 19.3 Å². The van der Waals surface area contributed by atoms with Gasteiger partial charge in [-0.1, -0.05) is 34.1 Å². The number of aromatic nitrogens is 2. The van der Waals surface area contributed by atoms with Gasteiger partial charge in [0, 0.05) is 11.4 Å². The van der Waals surface area contributed by atoms with Crippen molar-refractivity contribution >= 4 is 27.5 Å². The SMILES string of the molecule is Cc1c(NC(=O)C23CC4CC(CC(Br)(C4)C2)C3)c(=O)n(-c2ccccc2)n1C. The maximum absolute atomic E-state index is 13.5. The van der Waals surface area contributed by atoms with Crippen molar-refractivity contribution in [3.8, 4) is 5.69 Å². The lowest BCUT2D eigenvalue weighted by atomic mass is 9.49. The zero-order valence-electron chi connectivity index (χ0n) is 16.4. The second-order valence-corrected chi connectivity index (χ2v) is 11.0. The number of hydrogen-bond acceptors (Lipinski definition) is 2. The van der Waals surface area contributed by atoms with Crippen molar-refractivity contribution in [1.82, 2.24) is 9.36 Å². The molecule has 2 atom stereocenters. The van der Waals surface area contributed by atoms with Crippen LogP contribution in [-0.2, 0) is 11.8 Å². The molecule has 28 heavy (non-hydrogen) atoms. The van der Waals surface area contributed by atoms with Crippen LogP contribution in [0.3, 0.4) is 0 Å². The molecule has 1 N–H and O–H groups in total. The standard InChI is InChI=1S/C22H26BrN3O2/c1-14-18(19(27)26(25(14)2)17-6-4-3-5-7-17)24-20(28)21-9-15-8-16(10-21)12-22(23,11-15)13-21/h3-7,15-16H,8-13H2,1-2H3,(H,24,28). The lowest BCUT2D eigenvalue weighted by Gasteiger charge is -2.59. The number of halogens is 1. The first-order valence-electron chi connectivity index (χ1n) is 10.1. The van der Waals surface area contributed by atoms with E-state index >= 15 is 0 Å². The lowest BCUT2D eigenvalue weighted by molar-refractivity contribution is -0.138. The highest BCUT2D eigenvalue weighted by Gasteiger charge is 2.59. The highest BCUT2D eigenvalue weighted by molar-refractivity contribution is 9.10. The predicted molar refractivity (Wildman–Crippen MR) is 113 cm³/mol. The second kappa shape index (κ2) is 6.09. The zero-order chi connectivity index (χ0) is 19.7. The van der Waals surface area contributed by atoms with Gasteiger partial charge in [0.2, 0.25) is 5.91 Å². The number of alkyl halides is 1. The highest BCUT2D eigenvalue weighted by atomic mass is 79.9. The third kappa shape index (κ3) is 2.64. The zero-order valence-corrected chi connectivity index (χ0v) is 18.0. The smallest absolute Gasteiger partial charge is 0.295 e. The van der Waals surface area contributed by atoms with Gasteiger partial charge in [-0.15, -0.1) is 0 Å². The van der Waals surface area contributed by atoms with Crippen LogP contribution in [0, 0.1) is 24.2 Å². The van der Waals surface area contributed by atoms with Crippen LogP contribution in [0.5, 0.6) is 0 Å². The number of hydrogen-bond donors (Lipinski definition) is 1. The first kappa shape index (κ1) is 18.2. The first-order chi connectivity index (χ1) is 13.3. The minimum absolute atomic E-state index is 0.0384. The maximum Gasteiger partial charge on any atom is 0.295 e. The van der Waals surface area contributed by atoms with Gasteiger partial charge < -0.3 is 5.32 Å². The van der Waals surface area contributed by atoms with E-state index in [4.69, 9.17) is 0 Å². The molecule has 4 bridgehead atoms. The summed E-state index contributed by atoms with van der Waals surface area (Å²) in [6, 6.07) is 9.55. The molecule has 1 aromatic heterocycles. The molecule has 0 aliphatic heterocycles. The molecule has 0 spiro atoms. The van der Waals surface area contributed by atoms with Gasteiger partial charge >= 0.3 is 0 Å². The molecule has 1 amide bonds. The largest absolute Gasteiger partial charge is 0.319 e. The van der Waals surface area contributed by atoms with Gasteiger partial charge in [0.1, 0.15) is 5.69 Å². The van der Waals surface area contributed by atoms with Crippen molar-refractivity contribution in [2.75, 3.05) is 5.32 Å². The van der Waals surface area contributed by atoms with E-state index in [-0.39, 0.29) is 21.2 Å². The summed E-state index contributed by atoms with van der Waals surface area (Å²) in [5.41, 5.74) is 1.49. The van der Waals surface area contributed by atoms with Crippen LogP contribution < -0.4 is 10.9 Å². The molecule has 0 saturated heterocycles. The number of amides is 1. The number of nitrogens with zero attached hydrogens (tertiary/aromatic N) is 2. The molecule has 4 aliphatic rings. The number of nitrogens with one attached hydrogen (secondary N) is 1. The Labute approximate surface area is 173 Å². The highest BCUT2D eigenvalue weighted by Crippen LogP contribution is 2.64. The average molecular weight is 444 g/mol. The Kier molecular flexibility index (Phi) is 3.96. The first-order valence-corrected chi connectivity index (χ1v) is 10.9. The van der Waals surface area contributed by atoms with Gasteiger partial charge in [-0.05, 0) is 69.4 Å². The molecule has 1 heterocycles. The maximum atomic E-state index is 13.5. The van der Waals surface area contributed by atoms with Crippen molar-refractivity contribution in [2.24, 2.45) is 24.3 Å². The van der Waals surface area contributed by atoms with Crippen LogP contribution in [0.2, 0.25) is 0 Å². The molecule has 148 valence electrons. The van der Waals surface area contributed by atoms with Crippen LogP contribution in [0.25, 0.3) is 5.69 Å². The molecule has 4 saturated carbocycles. The van der Waals surface area contributed by atoms with Gasteiger partial charge in [-0.3, -0.25) is 14.3 Å². The summed E-state index contributed by atoms with van der Waals surface area (Å²) in [4.78, 5) is 26.6. The predicted octanol–water partition coefficient (Wildman–Crippen LogP) is 4.16. The molecule has 6 heteroatoms. The monoisotopic (exact) mass is 443 g/mol. The van der Waals surface area contributed by atoms with Crippen molar-refractivity contribution in [2.45, 2.75) is 49.8 Å². The Bertz CT molecular complexity index is 993. The molecule has 0 radical (unpaired) electrons. The molecule has 2 aromatic rings. The Balaban J connectivity index is 1.49. The Hall–Kier alpha value is -1.82. The molecular formula is C22H26BrN3O2. The fourth-order valence-corrected chi connectivity index (χ4v) is 7.83. The average Bonchev–Trinajstić information content (AvgIpc) is 2.84. The normalized spacial score (nSPS) is 33.2. The summed E-state index contributed by atoms with van der Waals surface area (Å²) in [5.74, 6) is 1.30. The molecule has 1 aromatic carbocycles. The van der Waals surface area contributed by atoms with Gasteiger partial charge in [0.15, 0.2) is 0 Å². The van der Waals surface area contributed by atoms with Crippen molar-refractivity contribution in [3.05, 3.63) is 46.4 Å².